The minimum Gasteiger partial charge on any atom is -0.489 e. The Labute approximate surface area is 95.8 Å². The van der Waals surface area contributed by atoms with Crippen LogP contribution in [0.15, 0.2) is 61.2 Å². The molecule has 0 saturated carbocycles. The molecule has 0 fully saturated rings. The first-order valence-corrected chi connectivity index (χ1v) is 4.87. The molecule has 0 aliphatic heterocycles. The summed E-state index contributed by atoms with van der Waals surface area (Å²) in [4.78, 5) is 0. The van der Waals surface area contributed by atoms with Crippen molar-refractivity contribution in [1.82, 2.24) is 0 Å². The van der Waals surface area contributed by atoms with Crippen molar-refractivity contribution in [2.24, 2.45) is 0 Å². The van der Waals surface area contributed by atoms with E-state index in [0.717, 1.165) is 11.3 Å². The molecule has 1 aromatic rings. The highest BCUT2D eigenvalue weighted by Crippen LogP contribution is 2.12. The topological polar surface area (TPSA) is 33.0 Å². The van der Waals surface area contributed by atoms with Gasteiger partial charge >= 0.3 is 0 Å². The van der Waals surface area contributed by atoms with E-state index in [4.69, 9.17) is 10.00 Å². The predicted molar refractivity (Wildman–Crippen MR) is 65.1 cm³/mol. The Morgan fingerprint density at radius 2 is 2.00 bits per heavy atom. The van der Waals surface area contributed by atoms with Gasteiger partial charge in [0.1, 0.15) is 12.4 Å². The summed E-state index contributed by atoms with van der Waals surface area (Å²) in [5.74, 6) is 0.732. The second kappa shape index (κ2) is 6.26. The largest absolute Gasteiger partial charge is 0.489 e. The van der Waals surface area contributed by atoms with Crippen molar-refractivity contribution in [1.29, 1.82) is 5.26 Å². The summed E-state index contributed by atoms with van der Waals surface area (Å²) in [6, 6.07) is 9.04. The molecule has 2 heteroatoms. The molecule has 0 atom stereocenters. The molecule has 0 aliphatic rings. The van der Waals surface area contributed by atoms with Crippen LogP contribution >= 0.6 is 0 Å². The molecule has 0 aromatic heterocycles. The summed E-state index contributed by atoms with van der Waals surface area (Å²) in [5.41, 5.74) is 1.58. The Hall–Kier alpha value is -2.27. The van der Waals surface area contributed by atoms with E-state index in [0.29, 0.717) is 12.2 Å². The Morgan fingerprint density at radius 3 is 2.50 bits per heavy atom. The monoisotopic (exact) mass is 211 g/mol. The summed E-state index contributed by atoms with van der Waals surface area (Å²) in [6.45, 7) is 7.74. The zero-order valence-corrected chi connectivity index (χ0v) is 9.02. The van der Waals surface area contributed by atoms with E-state index >= 15 is 0 Å². The van der Waals surface area contributed by atoms with Crippen molar-refractivity contribution in [2.45, 2.75) is 0 Å². The van der Waals surface area contributed by atoms with Crippen LogP contribution in [-0.2, 0) is 0 Å². The maximum absolute atomic E-state index is 8.63. The maximum atomic E-state index is 8.63. The smallest absolute Gasteiger partial charge is 0.119 e. The molecule has 0 aliphatic carbocycles. The lowest BCUT2D eigenvalue weighted by Gasteiger charge is -2.06. The van der Waals surface area contributed by atoms with Gasteiger partial charge in [-0.2, -0.15) is 5.26 Å². The minimum atomic E-state index is 0.446. The fourth-order valence-corrected chi connectivity index (χ4v) is 1.12. The number of nitriles is 1. The molecule has 0 saturated heterocycles. The molecule has 0 bridgehead atoms. The lowest BCUT2D eigenvalue weighted by atomic mass is 10.2. The van der Waals surface area contributed by atoms with Gasteiger partial charge in [-0.1, -0.05) is 31.4 Å². The molecule has 0 radical (unpaired) electrons. The molecular formula is C14H13NO. The number of hydrogen-bond acceptors (Lipinski definition) is 2. The van der Waals surface area contributed by atoms with Gasteiger partial charge in [0.15, 0.2) is 0 Å². The molecule has 2 nitrogen and oxygen atoms in total. The normalized spacial score (nSPS) is 10.3. The number of ether oxygens (including phenoxy) is 1. The first-order chi connectivity index (χ1) is 7.80. The van der Waals surface area contributed by atoms with Crippen molar-refractivity contribution in [3.8, 4) is 11.8 Å². The van der Waals surface area contributed by atoms with Gasteiger partial charge in [-0.05, 0) is 29.8 Å². The fraction of sp³-hybridized carbons (Fsp3) is 0.0714. The van der Waals surface area contributed by atoms with E-state index in [1.54, 1.807) is 36.4 Å². The summed E-state index contributed by atoms with van der Waals surface area (Å²) in [5, 5.41) is 8.63. The zero-order chi connectivity index (χ0) is 11.8. The number of rotatable bonds is 5. The highest BCUT2D eigenvalue weighted by Gasteiger charge is 1.95. The van der Waals surface area contributed by atoms with Crippen molar-refractivity contribution >= 4 is 0 Å². The van der Waals surface area contributed by atoms with Gasteiger partial charge in [0.25, 0.3) is 0 Å². The van der Waals surface area contributed by atoms with Crippen molar-refractivity contribution in [2.75, 3.05) is 6.61 Å². The van der Waals surface area contributed by atoms with E-state index in [-0.39, 0.29) is 0 Å². The quantitative estimate of drug-likeness (QED) is 0.700. The van der Waals surface area contributed by atoms with Crippen LogP contribution in [0, 0.1) is 11.3 Å². The maximum Gasteiger partial charge on any atom is 0.119 e. The van der Waals surface area contributed by atoms with Gasteiger partial charge in [-0.15, -0.1) is 0 Å². The van der Waals surface area contributed by atoms with E-state index in [1.807, 2.05) is 6.08 Å². The molecule has 16 heavy (non-hydrogen) atoms. The molecule has 0 amide bonds. The summed E-state index contributed by atoms with van der Waals surface area (Å²) >= 11 is 0. The second-order valence-corrected chi connectivity index (χ2v) is 3.11. The lowest BCUT2D eigenvalue weighted by molar-refractivity contribution is 0.355. The van der Waals surface area contributed by atoms with Crippen LogP contribution in [0.5, 0.6) is 5.75 Å². The average Bonchev–Trinajstić information content (AvgIpc) is 2.35. The zero-order valence-electron chi connectivity index (χ0n) is 9.02. The third-order valence-electron chi connectivity index (χ3n) is 1.98. The third-order valence-corrected chi connectivity index (χ3v) is 1.98. The van der Waals surface area contributed by atoms with Crippen LogP contribution in [-0.4, -0.2) is 6.61 Å². The van der Waals surface area contributed by atoms with Gasteiger partial charge < -0.3 is 4.74 Å². The molecule has 1 aromatic carbocycles. The number of benzene rings is 1. The van der Waals surface area contributed by atoms with Crippen LogP contribution in [0.1, 0.15) is 5.56 Å². The average molecular weight is 211 g/mol. The standard InChI is InChI=1S/C14H13NO/c1-3-5-12(4-2)11-16-14-8-6-13(10-15)7-9-14/h3-9H,1-2,11H2/b12-5+. The molecule has 0 N–H and O–H groups in total. The van der Waals surface area contributed by atoms with Gasteiger partial charge in [-0.3, -0.25) is 0 Å². The van der Waals surface area contributed by atoms with Gasteiger partial charge in [0, 0.05) is 0 Å². The molecular weight excluding hydrogens is 198 g/mol. The second-order valence-electron chi connectivity index (χ2n) is 3.11. The Balaban J connectivity index is 2.61. The van der Waals surface area contributed by atoms with Gasteiger partial charge in [0.05, 0.1) is 11.6 Å². The highest BCUT2D eigenvalue weighted by molar-refractivity contribution is 5.35. The SMILES string of the molecule is C=C/C=C(\C=C)COc1ccc(C#N)cc1. The lowest BCUT2D eigenvalue weighted by Crippen LogP contribution is -1.99. The predicted octanol–water partition coefficient (Wildman–Crippen LogP) is 3.24. The molecule has 0 unspecified atom stereocenters. The Morgan fingerprint density at radius 1 is 1.31 bits per heavy atom. The van der Waals surface area contributed by atoms with Crippen molar-refractivity contribution in [3.63, 3.8) is 0 Å². The van der Waals surface area contributed by atoms with E-state index in [9.17, 15) is 0 Å². The fourth-order valence-electron chi connectivity index (χ4n) is 1.12. The molecule has 0 heterocycles. The third kappa shape index (κ3) is 3.47. The van der Waals surface area contributed by atoms with Crippen LogP contribution < -0.4 is 4.74 Å². The highest BCUT2D eigenvalue weighted by atomic mass is 16.5. The first-order valence-electron chi connectivity index (χ1n) is 4.87. The Bertz CT molecular complexity index is 435. The van der Waals surface area contributed by atoms with Crippen LogP contribution in [0.25, 0.3) is 0 Å². The summed E-state index contributed by atoms with van der Waals surface area (Å²) < 4.78 is 5.51. The van der Waals surface area contributed by atoms with Crippen molar-refractivity contribution < 1.29 is 4.74 Å². The minimum absolute atomic E-state index is 0.446. The van der Waals surface area contributed by atoms with E-state index in [1.165, 1.54) is 0 Å². The summed E-state index contributed by atoms with van der Waals surface area (Å²) in [6.07, 6.45) is 5.27. The van der Waals surface area contributed by atoms with Gasteiger partial charge in [0.2, 0.25) is 0 Å². The van der Waals surface area contributed by atoms with Gasteiger partial charge in [-0.25, -0.2) is 0 Å². The van der Waals surface area contributed by atoms with Crippen LogP contribution in [0.2, 0.25) is 0 Å². The number of nitrogens with zero attached hydrogens (tertiary/aromatic N) is 1. The molecule has 80 valence electrons. The summed E-state index contributed by atoms with van der Waals surface area (Å²) in [7, 11) is 0. The molecule has 0 spiro atoms. The number of hydrogen-bond donors (Lipinski definition) is 0. The number of allylic oxidation sites excluding steroid dienone is 2. The Kier molecular flexibility index (Phi) is 4.62. The van der Waals surface area contributed by atoms with Crippen molar-refractivity contribution in [3.05, 3.63) is 66.8 Å². The molecule has 1 rings (SSSR count). The van der Waals surface area contributed by atoms with E-state index in [2.05, 4.69) is 19.2 Å². The first kappa shape index (κ1) is 11.8. The van der Waals surface area contributed by atoms with Crippen LogP contribution in [0.3, 0.4) is 0 Å². The van der Waals surface area contributed by atoms with Crippen LogP contribution in [0.4, 0.5) is 0 Å². The van der Waals surface area contributed by atoms with E-state index < -0.39 is 0 Å².